The number of aryl methyl sites for hydroxylation is 3. The summed E-state index contributed by atoms with van der Waals surface area (Å²) in [6.07, 6.45) is 3.69. The summed E-state index contributed by atoms with van der Waals surface area (Å²) in [6, 6.07) is 2.18. The third-order valence-electron chi connectivity index (χ3n) is 3.63. The first kappa shape index (κ1) is 16.0. The van der Waals surface area contributed by atoms with Crippen LogP contribution in [0.25, 0.3) is 0 Å². The van der Waals surface area contributed by atoms with E-state index >= 15 is 0 Å². The van der Waals surface area contributed by atoms with Gasteiger partial charge in [-0.3, -0.25) is 9.36 Å². The van der Waals surface area contributed by atoms with Crippen LogP contribution in [0.1, 0.15) is 50.3 Å². The zero-order valence-corrected chi connectivity index (χ0v) is 14.0. The molecule has 2 heterocycles. The highest BCUT2D eigenvalue weighted by molar-refractivity contribution is 6.31. The molecule has 0 fully saturated rings. The van der Waals surface area contributed by atoms with Crippen LogP contribution in [0.2, 0.25) is 5.02 Å². The zero-order chi connectivity index (χ0) is 15.4. The first-order valence-corrected chi connectivity index (χ1v) is 7.97. The molecule has 6 heteroatoms. The van der Waals surface area contributed by atoms with Gasteiger partial charge in [0.1, 0.15) is 0 Å². The maximum absolute atomic E-state index is 6.35. The lowest BCUT2D eigenvalue weighted by Crippen LogP contribution is -2.27. The van der Waals surface area contributed by atoms with Crippen molar-refractivity contribution in [2.45, 2.75) is 46.2 Å². The van der Waals surface area contributed by atoms with E-state index in [0.717, 1.165) is 43.0 Å². The summed E-state index contributed by atoms with van der Waals surface area (Å²) in [4.78, 5) is 0. The van der Waals surface area contributed by atoms with E-state index in [4.69, 9.17) is 11.6 Å². The van der Waals surface area contributed by atoms with Crippen molar-refractivity contribution in [1.82, 2.24) is 24.9 Å². The van der Waals surface area contributed by atoms with Gasteiger partial charge in [-0.25, -0.2) is 0 Å². The molecule has 1 atom stereocenters. The van der Waals surface area contributed by atoms with Crippen molar-refractivity contribution < 1.29 is 0 Å². The Kier molecular flexibility index (Phi) is 5.42. The lowest BCUT2D eigenvalue weighted by molar-refractivity contribution is 0.503. The van der Waals surface area contributed by atoms with Gasteiger partial charge in [0.15, 0.2) is 0 Å². The van der Waals surface area contributed by atoms with Gasteiger partial charge >= 0.3 is 0 Å². The number of rotatable bonds is 7. The topological polar surface area (TPSA) is 47.7 Å². The predicted molar refractivity (Wildman–Crippen MR) is 85.6 cm³/mol. The fourth-order valence-electron chi connectivity index (χ4n) is 2.52. The Bertz CT molecular complexity index is 567. The summed E-state index contributed by atoms with van der Waals surface area (Å²) in [6.45, 7) is 8.15. The first-order chi connectivity index (χ1) is 10.1. The zero-order valence-electron chi connectivity index (χ0n) is 13.2. The molecule has 1 N–H and O–H groups in total. The molecule has 0 bridgehead atoms. The molecular weight excluding hydrogens is 286 g/mol. The molecular formula is C15H24ClN5. The van der Waals surface area contributed by atoms with Crippen LogP contribution in [0.4, 0.5) is 0 Å². The SMILES string of the molecule is CCCNC(c1c(Cl)cnn1C)c1cc(CC)nn1CC. The highest BCUT2D eigenvalue weighted by Gasteiger charge is 2.24. The predicted octanol–water partition coefficient (Wildman–Crippen LogP) is 2.94. The molecule has 0 aliphatic heterocycles. The molecule has 21 heavy (non-hydrogen) atoms. The van der Waals surface area contributed by atoms with Crippen molar-refractivity contribution in [2.24, 2.45) is 7.05 Å². The summed E-state index contributed by atoms with van der Waals surface area (Å²) in [5.74, 6) is 0. The van der Waals surface area contributed by atoms with Crippen LogP contribution in [0, 0.1) is 0 Å². The van der Waals surface area contributed by atoms with Gasteiger partial charge in [0.25, 0.3) is 0 Å². The Morgan fingerprint density at radius 2 is 2.10 bits per heavy atom. The van der Waals surface area contributed by atoms with Gasteiger partial charge in [0.2, 0.25) is 0 Å². The van der Waals surface area contributed by atoms with Gasteiger partial charge < -0.3 is 5.32 Å². The number of aromatic nitrogens is 4. The average molecular weight is 310 g/mol. The molecule has 0 aromatic carbocycles. The fraction of sp³-hybridized carbons (Fsp3) is 0.600. The van der Waals surface area contributed by atoms with Crippen molar-refractivity contribution in [3.63, 3.8) is 0 Å². The molecule has 0 saturated carbocycles. The lowest BCUT2D eigenvalue weighted by atomic mass is 10.1. The van der Waals surface area contributed by atoms with E-state index in [0.29, 0.717) is 5.02 Å². The molecule has 0 radical (unpaired) electrons. The highest BCUT2D eigenvalue weighted by Crippen LogP contribution is 2.28. The Morgan fingerprint density at radius 1 is 1.33 bits per heavy atom. The first-order valence-electron chi connectivity index (χ1n) is 7.59. The molecule has 116 valence electrons. The maximum atomic E-state index is 6.35. The Hall–Kier alpha value is -1.33. The second-order valence-electron chi connectivity index (χ2n) is 5.12. The molecule has 0 amide bonds. The van der Waals surface area contributed by atoms with E-state index in [1.54, 1.807) is 6.20 Å². The molecule has 0 aliphatic carbocycles. The van der Waals surface area contributed by atoms with Crippen LogP contribution in [-0.2, 0) is 20.0 Å². The van der Waals surface area contributed by atoms with Gasteiger partial charge in [0.05, 0.1) is 34.3 Å². The lowest BCUT2D eigenvalue weighted by Gasteiger charge is -2.20. The number of hydrogen-bond acceptors (Lipinski definition) is 3. The van der Waals surface area contributed by atoms with Gasteiger partial charge in [-0.1, -0.05) is 25.4 Å². The van der Waals surface area contributed by atoms with Crippen LogP contribution >= 0.6 is 11.6 Å². The van der Waals surface area contributed by atoms with Crippen LogP contribution < -0.4 is 5.32 Å². The molecule has 0 aliphatic rings. The molecule has 2 aromatic rings. The van der Waals surface area contributed by atoms with Crippen molar-refractivity contribution in [3.05, 3.63) is 34.4 Å². The molecule has 1 unspecified atom stereocenters. The van der Waals surface area contributed by atoms with E-state index in [1.165, 1.54) is 0 Å². The van der Waals surface area contributed by atoms with Crippen LogP contribution in [0.3, 0.4) is 0 Å². The van der Waals surface area contributed by atoms with Crippen LogP contribution in [0.15, 0.2) is 12.3 Å². The second kappa shape index (κ2) is 7.09. The van der Waals surface area contributed by atoms with Gasteiger partial charge in [0, 0.05) is 13.6 Å². The quantitative estimate of drug-likeness (QED) is 0.855. The molecule has 0 saturated heterocycles. The Labute approximate surface area is 131 Å². The molecule has 5 nitrogen and oxygen atoms in total. The molecule has 0 spiro atoms. The molecule has 2 aromatic heterocycles. The van der Waals surface area contributed by atoms with Gasteiger partial charge in [-0.2, -0.15) is 10.2 Å². The maximum Gasteiger partial charge on any atom is 0.0934 e. The largest absolute Gasteiger partial charge is 0.304 e. The summed E-state index contributed by atoms with van der Waals surface area (Å²) < 4.78 is 3.89. The summed E-state index contributed by atoms with van der Waals surface area (Å²) >= 11 is 6.35. The summed E-state index contributed by atoms with van der Waals surface area (Å²) in [7, 11) is 1.93. The van der Waals surface area contributed by atoms with E-state index in [2.05, 4.69) is 47.0 Å². The number of nitrogens with zero attached hydrogens (tertiary/aromatic N) is 4. The summed E-state index contributed by atoms with van der Waals surface area (Å²) in [5, 5.41) is 13.2. The van der Waals surface area contributed by atoms with E-state index in [9.17, 15) is 0 Å². The van der Waals surface area contributed by atoms with Crippen molar-refractivity contribution in [1.29, 1.82) is 0 Å². The van der Waals surface area contributed by atoms with Crippen LogP contribution in [-0.4, -0.2) is 26.1 Å². The smallest absolute Gasteiger partial charge is 0.0934 e. The standard InChI is InChI=1S/C15H24ClN5/c1-5-8-17-14(15-12(16)10-18-20(15)4)13-9-11(6-2)19-21(13)7-3/h9-10,14,17H,5-8H2,1-4H3. The van der Waals surface area contributed by atoms with E-state index in [-0.39, 0.29) is 6.04 Å². The average Bonchev–Trinajstić information content (AvgIpc) is 3.05. The third kappa shape index (κ3) is 3.30. The molecule has 2 rings (SSSR count). The number of halogens is 1. The minimum absolute atomic E-state index is 0.0118. The van der Waals surface area contributed by atoms with Gasteiger partial charge in [-0.15, -0.1) is 0 Å². The van der Waals surface area contributed by atoms with Gasteiger partial charge in [-0.05, 0) is 32.4 Å². The minimum Gasteiger partial charge on any atom is -0.304 e. The normalized spacial score (nSPS) is 12.8. The van der Waals surface area contributed by atoms with Crippen molar-refractivity contribution in [3.8, 4) is 0 Å². The van der Waals surface area contributed by atoms with Crippen molar-refractivity contribution >= 4 is 11.6 Å². The summed E-state index contributed by atoms with van der Waals surface area (Å²) in [5.41, 5.74) is 3.24. The third-order valence-corrected chi connectivity index (χ3v) is 3.92. The van der Waals surface area contributed by atoms with E-state index < -0.39 is 0 Å². The Balaban J connectivity index is 2.47. The number of nitrogens with one attached hydrogen (secondary N) is 1. The monoisotopic (exact) mass is 309 g/mol. The number of hydrogen-bond donors (Lipinski definition) is 1. The Morgan fingerprint density at radius 3 is 2.62 bits per heavy atom. The van der Waals surface area contributed by atoms with E-state index in [1.807, 2.05) is 11.7 Å². The van der Waals surface area contributed by atoms with Crippen LogP contribution in [0.5, 0.6) is 0 Å². The fourth-order valence-corrected chi connectivity index (χ4v) is 2.80. The van der Waals surface area contributed by atoms with Crippen molar-refractivity contribution in [2.75, 3.05) is 6.54 Å². The highest BCUT2D eigenvalue weighted by atomic mass is 35.5. The second-order valence-corrected chi connectivity index (χ2v) is 5.53. The minimum atomic E-state index is 0.0118.